The molecule has 2 aromatic carbocycles. The fourth-order valence-corrected chi connectivity index (χ4v) is 1.67. The summed E-state index contributed by atoms with van der Waals surface area (Å²) in [5.41, 5.74) is 1.15. The standard InChI is InChI=1S/C16H17FO2/c17-15-9-4-5-10-16(15)19-12-6-11-18-13-14-7-2-1-3-8-14/h1-5,7-10H,6,11-13H2. The number of hydrogen-bond donors (Lipinski definition) is 0. The minimum absolute atomic E-state index is 0.297. The summed E-state index contributed by atoms with van der Waals surface area (Å²) in [5, 5.41) is 0. The number of rotatable bonds is 7. The van der Waals surface area contributed by atoms with Crippen molar-refractivity contribution < 1.29 is 13.9 Å². The van der Waals surface area contributed by atoms with Gasteiger partial charge in [-0.25, -0.2) is 4.39 Å². The van der Waals surface area contributed by atoms with E-state index >= 15 is 0 Å². The lowest BCUT2D eigenvalue weighted by atomic mass is 10.2. The van der Waals surface area contributed by atoms with Crippen molar-refractivity contribution in [2.45, 2.75) is 13.0 Å². The van der Waals surface area contributed by atoms with Crippen LogP contribution in [0.2, 0.25) is 0 Å². The molecule has 0 atom stereocenters. The SMILES string of the molecule is Fc1ccccc1OCCCOCc1ccccc1. The summed E-state index contributed by atoms with van der Waals surface area (Å²) in [6.45, 7) is 1.65. The molecule has 0 saturated heterocycles. The molecule has 100 valence electrons. The molecule has 2 rings (SSSR count). The van der Waals surface area contributed by atoms with E-state index in [4.69, 9.17) is 9.47 Å². The third kappa shape index (κ3) is 4.72. The van der Waals surface area contributed by atoms with E-state index in [1.54, 1.807) is 18.2 Å². The van der Waals surface area contributed by atoms with Crippen LogP contribution in [0.4, 0.5) is 4.39 Å². The fourth-order valence-electron chi connectivity index (χ4n) is 1.67. The zero-order valence-electron chi connectivity index (χ0n) is 10.7. The zero-order chi connectivity index (χ0) is 13.3. The minimum Gasteiger partial charge on any atom is -0.490 e. The van der Waals surface area contributed by atoms with Crippen molar-refractivity contribution >= 4 is 0 Å². The Morgan fingerprint density at radius 1 is 0.842 bits per heavy atom. The molecular formula is C16H17FO2. The van der Waals surface area contributed by atoms with Crippen LogP contribution in [0.25, 0.3) is 0 Å². The number of halogens is 1. The first-order valence-electron chi connectivity index (χ1n) is 6.35. The van der Waals surface area contributed by atoms with E-state index in [1.165, 1.54) is 6.07 Å². The van der Waals surface area contributed by atoms with Crippen LogP contribution in [-0.2, 0) is 11.3 Å². The summed E-state index contributed by atoms with van der Waals surface area (Å²) in [5.74, 6) is -0.0294. The van der Waals surface area contributed by atoms with Crippen molar-refractivity contribution in [3.05, 3.63) is 66.0 Å². The summed E-state index contributed by atoms with van der Waals surface area (Å²) < 4.78 is 24.1. The normalized spacial score (nSPS) is 10.4. The quantitative estimate of drug-likeness (QED) is 0.705. The summed E-state index contributed by atoms with van der Waals surface area (Å²) in [6.07, 6.45) is 0.737. The molecule has 3 heteroatoms. The molecule has 0 bridgehead atoms. The maximum Gasteiger partial charge on any atom is 0.165 e. The molecule has 0 aliphatic heterocycles. The Morgan fingerprint density at radius 2 is 1.58 bits per heavy atom. The van der Waals surface area contributed by atoms with Crippen LogP contribution >= 0.6 is 0 Å². The molecule has 0 amide bonds. The first-order valence-corrected chi connectivity index (χ1v) is 6.35. The molecule has 0 unspecified atom stereocenters. The first-order chi connectivity index (χ1) is 9.36. The summed E-state index contributed by atoms with van der Waals surface area (Å²) in [4.78, 5) is 0. The van der Waals surface area contributed by atoms with E-state index in [-0.39, 0.29) is 5.82 Å². The number of para-hydroxylation sites is 1. The molecule has 2 aromatic rings. The smallest absolute Gasteiger partial charge is 0.165 e. The van der Waals surface area contributed by atoms with Crippen LogP contribution in [-0.4, -0.2) is 13.2 Å². The third-order valence-electron chi connectivity index (χ3n) is 2.64. The topological polar surface area (TPSA) is 18.5 Å². The van der Waals surface area contributed by atoms with E-state index in [0.717, 1.165) is 12.0 Å². The van der Waals surface area contributed by atoms with Gasteiger partial charge in [0.25, 0.3) is 0 Å². The van der Waals surface area contributed by atoms with Gasteiger partial charge in [-0.1, -0.05) is 42.5 Å². The monoisotopic (exact) mass is 260 g/mol. The molecule has 0 spiro atoms. The first kappa shape index (κ1) is 13.6. The predicted octanol–water partition coefficient (Wildman–Crippen LogP) is 3.81. The molecular weight excluding hydrogens is 243 g/mol. The Labute approximate surface area is 112 Å². The van der Waals surface area contributed by atoms with Gasteiger partial charge in [-0.3, -0.25) is 0 Å². The summed E-state index contributed by atoms with van der Waals surface area (Å²) >= 11 is 0. The molecule has 0 heterocycles. The molecule has 19 heavy (non-hydrogen) atoms. The van der Waals surface area contributed by atoms with Gasteiger partial charge in [0.05, 0.1) is 19.8 Å². The van der Waals surface area contributed by atoms with Gasteiger partial charge in [0.15, 0.2) is 11.6 Å². The highest BCUT2D eigenvalue weighted by molar-refractivity contribution is 5.23. The molecule has 0 fully saturated rings. The lowest BCUT2D eigenvalue weighted by molar-refractivity contribution is 0.106. The van der Waals surface area contributed by atoms with Crippen molar-refractivity contribution in [2.24, 2.45) is 0 Å². The van der Waals surface area contributed by atoms with Crippen molar-refractivity contribution in [3.63, 3.8) is 0 Å². The van der Waals surface area contributed by atoms with Crippen molar-refractivity contribution in [1.29, 1.82) is 0 Å². The maximum atomic E-state index is 13.2. The van der Waals surface area contributed by atoms with Crippen LogP contribution in [0.15, 0.2) is 54.6 Å². The molecule has 0 saturated carbocycles. The Bertz CT molecular complexity index is 485. The maximum absolute atomic E-state index is 13.2. The van der Waals surface area contributed by atoms with Crippen molar-refractivity contribution in [3.8, 4) is 5.75 Å². The second-order valence-corrected chi connectivity index (χ2v) is 4.17. The van der Waals surface area contributed by atoms with Gasteiger partial charge in [0.2, 0.25) is 0 Å². The van der Waals surface area contributed by atoms with Crippen LogP contribution in [0.5, 0.6) is 5.75 Å². The van der Waals surface area contributed by atoms with E-state index in [9.17, 15) is 4.39 Å². The van der Waals surface area contributed by atoms with Crippen LogP contribution in [0.1, 0.15) is 12.0 Å². The van der Waals surface area contributed by atoms with Gasteiger partial charge in [0.1, 0.15) is 0 Å². The average molecular weight is 260 g/mol. The predicted molar refractivity (Wildman–Crippen MR) is 72.6 cm³/mol. The average Bonchev–Trinajstić information content (AvgIpc) is 2.45. The van der Waals surface area contributed by atoms with E-state index in [2.05, 4.69) is 0 Å². The van der Waals surface area contributed by atoms with E-state index < -0.39 is 0 Å². The molecule has 0 radical (unpaired) electrons. The number of hydrogen-bond acceptors (Lipinski definition) is 2. The fraction of sp³-hybridized carbons (Fsp3) is 0.250. The highest BCUT2D eigenvalue weighted by Crippen LogP contribution is 2.15. The molecule has 0 aromatic heterocycles. The van der Waals surface area contributed by atoms with E-state index in [0.29, 0.717) is 25.6 Å². The highest BCUT2D eigenvalue weighted by Gasteiger charge is 2.00. The summed E-state index contributed by atoms with van der Waals surface area (Å²) in [7, 11) is 0. The Balaban J connectivity index is 1.59. The van der Waals surface area contributed by atoms with Gasteiger partial charge < -0.3 is 9.47 Å². The lowest BCUT2D eigenvalue weighted by Crippen LogP contribution is -2.04. The van der Waals surface area contributed by atoms with Gasteiger partial charge in [-0.05, 0) is 17.7 Å². The lowest BCUT2D eigenvalue weighted by Gasteiger charge is -2.07. The zero-order valence-corrected chi connectivity index (χ0v) is 10.7. The minimum atomic E-state index is -0.326. The molecule has 2 nitrogen and oxygen atoms in total. The van der Waals surface area contributed by atoms with Crippen molar-refractivity contribution in [1.82, 2.24) is 0 Å². The van der Waals surface area contributed by atoms with Gasteiger partial charge >= 0.3 is 0 Å². The van der Waals surface area contributed by atoms with Gasteiger partial charge in [0, 0.05) is 6.42 Å². The second kappa shape index (κ2) is 7.54. The highest BCUT2D eigenvalue weighted by atomic mass is 19.1. The molecule has 0 N–H and O–H groups in total. The summed E-state index contributed by atoms with van der Waals surface area (Å²) in [6, 6.07) is 16.4. The van der Waals surface area contributed by atoms with Crippen LogP contribution in [0, 0.1) is 5.82 Å². The number of benzene rings is 2. The second-order valence-electron chi connectivity index (χ2n) is 4.17. The van der Waals surface area contributed by atoms with Gasteiger partial charge in [-0.2, -0.15) is 0 Å². The van der Waals surface area contributed by atoms with E-state index in [1.807, 2.05) is 30.3 Å². The molecule has 0 aliphatic rings. The Morgan fingerprint density at radius 3 is 2.37 bits per heavy atom. The molecule has 0 aliphatic carbocycles. The van der Waals surface area contributed by atoms with Gasteiger partial charge in [-0.15, -0.1) is 0 Å². The Hall–Kier alpha value is -1.87. The third-order valence-corrected chi connectivity index (χ3v) is 2.64. The number of ether oxygens (including phenoxy) is 2. The Kier molecular flexibility index (Phi) is 5.38. The van der Waals surface area contributed by atoms with Crippen LogP contribution < -0.4 is 4.74 Å². The largest absolute Gasteiger partial charge is 0.490 e. The van der Waals surface area contributed by atoms with Crippen LogP contribution in [0.3, 0.4) is 0 Å². The van der Waals surface area contributed by atoms with Crippen molar-refractivity contribution in [2.75, 3.05) is 13.2 Å².